The predicted molar refractivity (Wildman–Crippen MR) is 102 cm³/mol. The topological polar surface area (TPSA) is 51.4 Å². The van der Waals surface area contributed by atoms with Crippen LogP contribution >= 0.6 is 11.3 Å². The smallest absolute Gasteiger partial charge is 0.285 e. The van der Waals surface area contributed by atoms with Gasteiger partial charge in [0.2, 0.25) is 4.80 Å². The van der Waals surface area contributed by atoms with Crippen molar-refractivity contribution < 1.29 is 12.8 Å². The molecule has 1 aliphatic carbocycles. The lowest BCUT2D eigenvalue weighted by atomic mass is 9.93. The Hall–Kier alpha value is -1.47. The van der Waals surface area contributed by atoms with Gasteiger partial charge in [0.15, 0.2) is 0 Å². The Balaban J connectivity index is 2.19. The van der Waals surface area contributed by atoms with Crippen LogP contribution < -0.4 is 4.80 Å². The summed E-state index contributed by atoms with van der Waals surface area (Å²) in [7, 11) is -3.98. The SMILES string of the molecule is Cc1ccc(F)cc1S(=O)(=O)/N=c1\sc(C(C)(C)C)c(C)n1CC1CC1. The van der Waals surface area contributed by atoms with E-state index >= 15 is 0 Å². The van der Waals surface area contributed by atoms with Crippen molar-refractivity contribution in [1.82, 2.24) is 4.57 Å². The van der Waals surface area contributed by atoms with E-state index in [-0.39, 0.29) is 10.3 Å². The Bertz CT molecular complexity index is 1010. The fourth-order valence-electron chi connectivity index (χ4n) is 3.03. The van der Waals surface area contributed by atoms with E-state index in [2.05, 4.69) is 25.2 Å². The van der Waals surface area contributed by atoms with Crippen LogP contribution in [-0.2, 0) is 22.0 Å². The van der Waals surface area contributed by atoms with Gasteiger partial charge in [-0.25, -0.2) is 4.39 Å². The van der Waals surface area contributed by atoms with E-state index in [0.717, 1.165) is 23.2 Å². The molecule has 1 aromatic heterocycles. The van der Waals surface area contributed by atoms with Crippen LogP contribution in [-0.4, -0.2) is 13.0 Å². The number of halogens is 1. The van der Waals surface area contributed by atoms with Crippen molar-refractivity contribution in [2.75, 3.05) is 0 Å². The number of hydrogen-bond donors (Lipinski definition) is 0. The molecule has 1 saturated carbocycles. The fourth-order valence-corrected chi connectivity index (χ4v) is 5.68. The van der Waals surface area contributed by atoms with Gasteiger partial charge in [-0.15, -0.1) is 15.7 Å². The highest BCUT2D eigenvalue weighted by atomic mass is 32.2. The Labute approximate surface area is 158 Å². The van der Waals surface area contributed by atoms with Crippen molar-refractivity contribution >= 4 is 21.4 Å². The molecule has 1 aromatic carbocycles. The largest absolute Gasteiger partial charge is 0.320 e. The summed E-state index contributed by atoms with van der Waals surface area (Å²) in [6.45, 7) is 10.8. The third kappa shape index (κ3) is 3.93. The molecular formula is C19H25FN2O2S2. The molecule has 26 heavy (non-hydrogen) atoms. The van der Waals surface area contributed by atoms with Crippen LogP contribution in [0.2, 0.25) is 0 Å². The third-order valence-corrected chi connectivity index (χ3v) is 7.73. The second-order valence-corrected chi connectivity index (χ2v) is 10.6. The number of aromatic nitrogens is 1. The number of rotatable bonds is 4. The van der Waals surface area contributed by atoms with Gasteiger partial charge >= 0.3 is 0 Å². The average Bonchev–Trinajstić information content (AvgIpc) is 3.28. The zero-order chi connectivity index (χ0) is 19.3. The Morgan fingerprint density at radius 2 is 1.92 bits per heavy atom. The highest BCUT2D eigenvalue weighted by Gasteiger charge is 2.28. The molecule has 3 rings (SSSR count). The Morgan fingerprint density at radius 3 is 2.50 bits per heavy atom. The molecule has 1 fully saturated rings. The molecule has 0 amide bonds. The van der Waals surface area contributed by atoms with Crippen molar-refractivity contribution in [2.45, 2.75) is 64.3 Å². The van der Waals surface area contributed by atoms with Gasteiger partial charge < -0.3 is 4.57 Å². The summed E-state index contributed by atoms with van der Waals surface area (Å²) in [5.41, 5.74) is 1.47. The molecule has 142 valence electrons. The van der Waals surface area contributed by atoms with Gasteiger partial charge in [-0.05, 0) is 55.7 Å². The molecule has 0 saturated heterocycles. The zero-order valence-electron chi connectivity index (χ0n) is 15.8. The van der Waals surface area contributed by atoms with Gasteiger partial charge in [0, 0.05) is 17.1 Å². The standard InChI is InChI=1S/C19H25FN2O2S2/c1-12-6-9-15(20)10-16(12)26(23,24)21-18-22(11-14-7-8-14)13(2)17(25-18)19(3,4)5/h6,9-10,14H,7-8,11H2,1-5H3/b21-18-. The summed E-state index contributed by atoms with van der Waals surface area (Å²) in [5.74, 6) is 0.0154. The van der Waals surface area contributed by atoms with Crippen molar-refractivity contribution in [3.05, 3.63) is 45.0 Å². The number of benzene rings is 1. The second-order valence-electron chi connectivity index (χ2n) is 8.08. The highest BCUT2D eigenvalue weighted by molar-refractivity contribution is 7.90. The number of sulfonamides is 1. The molecule has 2 aromatic rings. The highest BCUT2D eigenvalue weighted by Crippen LogP contribution is 2.33. The van der Waals surface area contributed by atoms with Crippen molar-refractivity contribution in [3.63, 3.8) is 0 Å². The van der Waals surface area contributed by atoms with E-state index in [1.54, 1.807) is 6.92 Å². The first-order valence-corrected chi connectivity index (χ1v) is 11.0. The summed E-state index contributed by atoms with van der Waals surface area (Å²) in [6, 6.07) is 3.77. The Kier molecular flexibility index (Phi) is 4.90. The maximum atomic E-state index is 13.6. The average molecular weight is 397 g/mol. The molecule has 0 radical (unpaired) electrons. The second kappa shape index (κ2) is 6.60. The van der Waals surface area contributed by atoms with Gasteiger partial charge in [0.25, 0.3) is 10.0 Å². The monoisotopic (exact) mass is 396 g/mol. The minimum absolute atomic E-state index is 0.0705. The molecule has 7 heteroatoms. The van der Waals surface area contributed by atoms with Crippen LogP contribution in [0.25, 0.3) is 0 Å². The quantitative estimate of drug-likeness (QED) is 0.773. The molecular weight excluding hydrogens is 371 g/mol. The number of hydrogen-bond acceptors (Lipinski definition) is 3. The number of aryl methyl sites for hydroxylation is 1. The minimum atomic E-state index is -3.98. The summed E-state index contributed by atoms with van der Waals surface area (Å²) >= 11 is 1.42. The Morgan fingerprint density at radius 1 is 1.27 bits per heavy atom. The van der Waals surface area contributed by atoms with Gasteiger partial charge in [0.1, 0.15) is 5.82 Å². The van der Waals surface area contributed by atoms with E-state index < -0.39 is 15.8 Å². The van der Waals surface area contributed by atoms with E-state index in [9.17, 15) is 12.8 Å². The number of thiazole rings is 1. The molecule has 0 spiro atoms. The van der Waals surface area contributed by atoms with Crippen molar-refractivity contribution in [2.24, 2.45) is 10.3 Å². The molecule has 4 nitrogen and oxygen atoms in total. The van der Waals surface area contributed by atoms with Gasteiger partial charge in [-0.2, -0.15) is 8.42 Å². The lowest BCUT2D eigenvalue weighted by molar-refractivity contribution is 0.562. The van der Waals surface area contributed by atoms with Gasteiger partial charge in [-0.3, -0.25) is 0 Å². The first kappa shape index (κ1) is 19.3. The normalized spacial score (nSPS) is 16.3. The molecule has 0 N–H and O–H groups in total. The molecule has 0 atom stereocenters. The molecule has 0 bridgehead atoms. The lowest BCUT2D eigenvalue weighted by Gasteiger charge is -2.17. The van der Waals surface area contributed by atoms with Crippen LogP contribution in [0.15, 0.2) is 27.5 Å². The van der Waals surface area contributed by atoms with Crippen molar-refractivity contribution in [3.8, 4) is 0 Å². The maximum Gasteiger partial charge on any atom is 0.285 e. The predicted octanol–water partition coefficient (Wildman–Crippen LogP) is 4.30. The minimum Gasteiger partial charge on any atom is -0.320 e. The van der Waals surface area contributed by atoms with E-state index in [0.29, 0.717) is 16.3 Å². The summed E-state index contributed by atoms with van der Waals surface area (Å²) in [5, 5.41) is 0. The van der Waals surface area contributed by atoms with Crippen LogP contribution in [0.1, 0.15) is 49.7 Å². The van der Waals surface area contributed by atoms with Crippen LogP contribution in [0.3, 0.4) is 0 Å². The molecule has 1 heterocycles. The van der Waals surface area contributed by atoms with Gasteiger partial charge in [0.05, 0.1) is 4.90 Å². The molecule has 0 unspecified atom stereocenters. The maximum absolute atomic E-state index is 13.6. The lowest BCUT2D eigenvalue weighted by Crippen LogP contribution is -2.20. The third-order valence-electron chi connectivity index (χ3n) is 4.60. The molecule has 0 aliphatic heterocycles. The molecule has 1 aliphatic rings. The van der Waals surface area contributed by atoms with Crippen LogP contribution in [0.4, 0.5) is 4.39 Å². The fraction of sp³-hybridized carbons (Fsp3) is 0.526. The first-order valence-electron chi connectivity index (χ1n) is 8.77. The first-order chi connectivity index (χ1) is 12.0. The summed E-state index contributed by atoms with van der Waals surface area (Å²) in [6.07, 6.45) is 2.34. The van der Waals surface area contributed by atoms with Crippen LogP contribution in [0, 0.1) is 25.6 Å². The summed E-state index contributed by atoms with van der Waals surface area (Å²) < 4.78 is 45.5. The number of nitrogens with zero attached hydrogens (tertiary/aromatic N) is 2. The van der Waals surface area contributed by atoms with Crippen molar-refractivity contribution in [1.29, 1.82) is 0 Å². The van der Waals surface area contributed by atoms with Gasteiger partial charge in [-0.1, -0.05) is 26.8 Å². The van der Waals surface area contributed by atoms with Crippen LogP contribution in [0.5, 0.6) is 0 Å². The van der Waals surface area contributed by atoms with E-state index in [1.165, 1.54) is 36.3 Å². The van der Waals surface area contributed by atoms with E-state index in [4.69, 9.17) is 0 Å². The summed E-state index contributed by atoms with van der Waals surface area (Å²) in [4.78, 5) is 1.53. The zero-order valence-corrected chi connectivity index (χ0v) is 17.5. The van der Waals surface area contributed by atoms with E-state index in [1.807, 2.05) is 11.5 Å².